The molecule has 0 spiro atoms. The zero-order valence-electron chi connectivity index (χ0n) is 14.7. The number of allylic oxidation sites excluding steroid dienone is 2. The molecule has 27 heavy (non-hydrogen) atoms. The predicted molar refractivity (Wildman–Crippen MR) is 96.1 cm³/mol. The predicted octanol–water partition coefficient (Wildman–Crippen LogP) is 3.59. The largest absolute Gasteiger partial charge is 0.467 e. The highest BCUT2D eigenvalue weighted by molar-refractivity contribution is 6.21. The van der Waals surface area contributed by atoms with Gasteiger partial charge in [0.25, 0.3) is 11.8 Å². The Kier molecular flexibility index (Phi) is 4.62. The van der Waals surface area contributed by atoms with Crippen LogP contribution in [0, 0.1) is 5.92 Å². The van der Waals surface area contributed by atoms with Crippen molar-refractivity contribution in [3.63, 3.8) is 0 Å². The normalized spacial score (nSPS) is 18.7. The minimum absolute atomic E-state index is 0.0638. The maximum atomic E-state index is 12.6. The van der Waals surface area contributed by atoms with Crippen molar-refractivity contribution in [2.45, 2.75) is 25.8 Å². The molecule has 0 fully saturated rings. The fraction of sp³-hybridized carbons (Fsp3) is 0.286. The van der Waals surface area contributed by atoms with Crippen molar-refractivity contribution in [3.05, 3.63) is 71.2 Å². The molecule has 4 rings (SSSR count). The smallest absolute Gasteiger partial charge is 0.338 e. The first-order valence-corrected chi connectivity index (χ1v) is 8.98. The highest BCUT2D eigenvalue weighted by Crippen LogP contribution is 2.26. The van der Waals surface area contributed by atoms with Crippen LogP contribution < -0.4 is 0 Å². The second-order valence-corrected chi connectivity index (χ2v) is 6.79. The number of hydrogen-bond acceptors (Lipinski definition) is 5. The molecule has 6 heteroatoms. The van der Waals surface area contributed by atoms with Crippen LogP contribution in [0.3, 0.4) is 0 Å². The van der Waals surface area contributed by atoms with Gasteiger partial charge in [-0.25, -0.2) is 4.79 Å². The van der Waals surface area contributed by atoms with E-state index in [1.807, 2.05) is 0 Å². The number of benzene rings is 1. The molecule has 0 N–H and O–H groups in total. The first-order chi connectivity index (χ1) is 13.1. The first kappa shape index (κ1) is 17.3. The maximum absolute atomic E-state index is 12.6. The number of hydrogen-bond donors (Lipinski definition) is 0. The van der Waals surface area contributed by atoms with Crippen molar-refractivity contribution in [1.29, 1.82) is 0 Å². The molecule has 0 saturated carbocycles. The van der Waals surface area contributed by atoms with Crippen molar-refractivity contribution in [3.8, 4) is 0 Å². The second-order valence-electron chi connectivity index (χ2n) is 6.79. The van der Waals surface area contributed by atoms with E-state index in [0.29, 0.717) is 23.8 Å². The van der Waals surface area contributed by atoms with E-state index < -0.39 is 11.9 Å². The topological polar surface area (TPSA) is 76.8 Å². The Balaban J connectivity index is 1.47. The zero-order chi connectivity index (χ0) is 18.8. The molecule has 1 aliphatic heterocycles. The van der Waals surface area contributed by atoms with Gasteiger partial charge in [0, 0.05) is 0 Å². The van der Waals surface area contributed by atoms with Gasteiger partial charge in [-0.15, -0.1) is 0 Å². The molecule has 6 nitrogen and oxygen atoms in total. The summed E-state index contributed by atoms with van der Waals surface area (Å²) in [7, 11) is 0. The molecule has 1 unspecified atom stereocenters. The minimum Gasteiger partial charge on any atom is -0.467 e. The van der Waals surface area contributed by atoms with Gasteiger partial charge in [0.2, 0.25) is 0 Å². The Hall–Kier alpha value is -3.15. The third kappa shape index (κ3) is 3.43. The Morgan fingerprint density at radius 3 is 2.74 bits per heavy atom. The number of rotatable bonds is 5. The number of carbonyl (C=O) groups excluding carboxylic acids is 3. The molecule has 2 aromatic rings. The Morgan fingerprint density at radius 2 is 2.00 bits per heavy atom. The Morgan fingerprint density at radius 1 is 1.15 bits per heavy atom. The van der Waals surface area contributed by atoms with Crippen LogP contribution in [0.25, 0.3) is 0 Å². The molecular formula is C21H19NO5. The lowest BCUT2D eigenvalue weighted by Crippen LogP contribution is -2.28. The van der Waals surface area contributed by atoms with Gasteiger partial charge in [-0.2, -0.15) is 0 Å². The van der Waals surface area contributed by atoms with E-state index in [1.54, 1.807) is 12.1 Å². The van der Waals surface area contributed by atoms with Crippen molar-refractivity contribution < 1.29 is 23.5 Å². The minimum atomic E-state index is -0.475. The summed E-state index contributed by atoms with van der Waals surface area (Å²) in [6.07, 6.45) is 8.65. The van der Waals surface area contributed by atoms with Gasteiger partial charge < -0.3 is 9.15 Å². The molecule has 1 atom stereocenters. The Bertz CT molecular complexity index is 913. The molecule has 0 bridgehead atoms. The van der Waals surface area contributed by atoms with Crippen molar-refractivity contribution >= 4 is 17.8 Å². The van der Waals surface area contributed by atoms with Gasteiger partial charge in [-0.1, -0.05) is 12.2 Å². The fourth-order valence-electron chi connectivity index (χ4n) is 3.40. The summed E-state index contributed by atoms with van der Waals surface area (Å²) in [6.45, 7) is 0.423. The number of ether oxygens (including phenoxy) is 1. The van der Waals surface area contributed by atoms with Gasteiger partial charge in [-0.3, -0.25) is 14.5 Å². The highest BCUT2D eigenvalue weighted by Gasteiger charge is 2.36. The van der Waals surface area contributed by atoms with Crippen molar-refractivity contribution in [1.82, 2.24) is 4.90 Å². The zero-order valence-corrected chi connectivity index (χ0v) is 14.7. The summed E-state index contributed by atoms with van der Waals surface area (Å²) in [6, 6.07) is 7.89. The Labute approximate surface area is 156 Å². The lowest BCUT2D eigenvalue weighted by molar-refractivity contribution is 0.0432. The van der Waals surface area contributed by atoms with E-state index in [0.717, 1.165) is 24.2 Å². The third-order valence-corrected chi connectivity index (χ3v) is 4.93. The molecule has 1 aromatic carbocycles. The van der Waals surface area contributed by atoms with Gasteiger partial charge in [0.05, 0.1) is 36.1 Å². The fourth-order valence-corrected chi connectivity index (χ4v) is 3.40. The number of carbonyl (C=O) groups is 3. The van der Waals surface area contributed by atoms with Crippen LogP contribution in [-0.4, -0.2) is 29.3 Å². The number of fused-ring (bicyclic) bond motifs is 1. The molecular weight excluding hydrogens is 346 g/mol. The first-order valence-electron chi connectivity index (χ1n) is 8.98. The van der Waals surface area contributed by atoms with Crippen molar-refractivity contribution in [2.24, 2.45) is 5.92 Å². The lowest BCUT2D eigenvalue weighted by Gasteiger charge is -2.17. The number of esters is 1. The second kappa shape index (κ2) is 7.23. The molecule has 1 aliphatic carbocycles. The average molecular weight is 365 g/mol. The number of amides is 2. The monoisotopic (exact) mass is 365 g/mol. The summed E-state index contributed by atoms with van der Waals surface area (Å²) in [4.78, 5) is 38.6. The summed E-state index contributed by atoms with van der Waals surface area (Å²) in [5.74, 6) is -0.443. The van der Waals surface area contributed by atoms with Crippen LogP contribution in [0.15, 0.2) is 53.2 Å². The van der Waals surface area contributed by atoms with Crippen LogP contribution >= 0.6 is 0 Å². The standard InChI is InChI=1S/C21H19NO5/c23-19-17-9-8-15(21(25)27-13-14-5-2-1-3-6-14)11-18(17)20(24)22(19)12-16-7-4-10-26-16/h1-2,4,7-11,14H,3,5-6,12-13H2. The van der Waals surface area contributed by atoms with Crippen LogP contribution in [-0.2, 0) is 11.3 Å². The van der Waals surface area contributed by atoms with Crippen molar-refractivity contribution in [2.75, 3.05) is 6.61 Å². The summed E-state index contributed by atoms with van der Waals surface area (Å²) in [5.41, 5.74) is 0.795. The number of imide groups is 1. The number of furan rings is 1. The molecule has 2 heterocycles. The van der Waals surface area contributed by atoms with E-state index in [4.69, 9.17) is 9.15 Å². The highest BCUT2D eigenvalue weighted by atomic mass is 16.5. The molecule has 2 amide bonds. The van der Waals surface area contributed by atoms with E-state index in [-0.39, 0.29) is 23.6 Å². The van der Waals surface area contributed by atoms with Crippen LogP contribution in [0.5, 0.6) is 0 Å². The summed E-state index contributed by atoms with van der Waals surface area (Å²) >= 11 is 0. The van der Waals surface area contributed by atoms with E-state index in [1.165, 1.54) is 24.5 Å². The van der Waals surface area contributed by atoms with Gasteiger partial charge >= 0.3 is 5.97 Å². The van der Waals surface area contributed by atoms with Gasteiger partial charge in [0.15, 0.2) is 0 Å². The quantitative estimate of drug-likeness (QED) is 0.460. The lowest BCUT2D eigenvalue weighted by atomic mass is 9.95. The third-order valence-electron chi connectivity index (χ3n) is 4.93. The number of nitrogens with zero attached hydrogens (tertiary/aromatic N) is 1. The van der Waals surface area contributed by atoms with Crippen LogP contribution in [0.1, 0.15) is 56.1 Å². The molecule has 138 valence electrons. The molecule has 0 radical (unpaired) electrons. The van der Waals surface area contributed by atoms with Gasteiger partial charge in [-0.05, 0) is 55.5 Å². The van der Waals surface area contributed by atoms with E-state index in [9.17, 15) is 14.4 Å². The SMILES string of the molecule is O=C(OCC1CC=CCC1)c1ccc2c(c1)C(=O)N(Cc1ccco1)C2=O. The average Bonchev–Trinajstić information content (AvgIpc) is 3.30. The van der Waals surface area contributed by atoms with Crippen LogP contribution in [0.4, 0.5) is 0 Å². The maximum Gasteiger partial charge on any atom is 0.338 e. The van der Waals surface area contributed by atoms with E-state index >= 15 is 0 Å². The molecule has 1 aromatic heterocycles. The summed E-state index contributed by atoms with van der Waals surface area (Å²) in [5, 5.41) is 0. The van der Waals surface area contributed by atoms with Gasteiger partial charge in [0.1, 0.15) is 5.76 Å². The van der Waals surface area contributed by atoms with E-state index in [2.05, 4.69) is 12.2 Å². The molecule has 0 saturated heterocycles. The summed E-state index contributed by atoms with van der Waals surface area (Å²) < 4.78 is 10.6. The van der Waals surface area contributed by atoms with Crippen LogP contribution in [0.2, 0.25) is 0 Å². The molecule has 2 aliphatic rings.